The number of nitrogens with one attached hydrogen (secondary N) is 2. The van der Waals surface area contributed by atoms with Crippen molar-refractivity contribution >= 4 is 22.5 Å². The van der Waals surface area contributed by atoms with Crippen LogP contribution in [0.25, 0.3) is 10.9 Å². The highest BCUT2D eigenvalue weighted by atomic mass is 16.5. The van der Waals surface area contributed by atoms with Crippen molar-refractivity contribution in [1.29, 1.82) is 0 Å². The van der Waals surface area contributed by atoms with Crippen molar-refractivity contribution < 1.29 is 9.53 Å². The van der Waals surface area contributed by atoms with Crippen LogP contribution in [0.3, 0.4) is 0 Å². The number of hydrogen-bond donors (Lipinski definition) is 2. The molecule has 18 heavy (non-hydrogen) atoms. The molecule has 2 N–H and O–H groups in total. The lowest BCUT2D eigenvalue weighted by Crippen LogP contribution is -2.27. The van der Waals surface area contributed by atoms with Gasteiger partial charge in [-0.25, -0.2) is 0 Å². The van der Waals surface area contributed by atoms with Gasteiger partial charge < -0.3 is 15.0 Å². The van der Waals surface area contributed by atoms with E-state index in [2.05, 4.69) is 16.4 Å². The second-order valence-corrected chi connectivity index (χ2v) is 4.72. The largest absolute Gasteiger partial charge is 0.368 e. The fourth-order valence-corrected chi connectivity index (χ4v) is 2.35. The highest BCUT2D eigenvalue weighted by Gasteiger charge is 2.23. The average Bonchev–Trinajstić information content (AvgIpc) is 2.98. The number of carbonyl (C=O) groups is 1. The Morgan fingerprint density at radius 1 is 1.50 bits per heavy atom. The molecule has 2 heterocycles. The highest BCUT2D eigenvalue weighted by molar-refractivity contribution is 5.97. The van der Waals surface area contributed by atoms with Gasteiger partial charge in [-0.3, -0.25) is 4.79 Å². The number of benzene rings is 1. The molecule has 1 aromatic carbocycles. The van der Waals surface area contributed by atoms with Crippen LogP contribution in [0.1, 0.15) is 18.4 Å². The number of ether oxygens (including phenoxy) is 1. The summed E-state index contributed by atoms with van der Waals surface area (Å²) >= 11 is 0. The zero-order valence-electron chi connectivity index (χ0n) is 10.3. The number of anilines is 1. The predicted octanol–water partition coefficient (Wildman–Crippen LogP) is 2.59. The van der Waals surface area contributed by atoms with E-state index in [0.29, 0.717) is 6.61 Å². The van der Waals surface area contributed by atoms with Crippen molar-refractivity contribution in [1.82, 2.24) is 4.98 Å². The molecule has 0 aliphatic carbocycles. The van der Waals surface area contributed by atoms with Crippen molar-refractivity contribution in [3.05, 3.63) is 30.0 Å². The van der Waals surface area contributed by atoms with Crippen molar-refractivity contribution in [2.75, 3.05) is 11.9 Å². The van der Waals surface area contributed by atoms with Crippen molar-refractivity contribution in [3.8, 4) is 0 Å². The van der Waals surface area contributed by atoms with Gasteiger partial charge in [-0.1, -0.05) is 0 Å². The smallest absolute Gasteiger partial charge is 0.253 e. The third kappa shape index (κ3) is 1.99. The van der Waals surface area contributed by atoms with Gasteiger partial charge in [0.15, 0.2) is 0 Å². The molecule has 1 saturated heterocycles. The molecule has 1 atom stereocenters. The van der Waals surface area contributed by atoms with Crippen LogP contribution >= 0.6 is 0 Å². The molecule has 3 rings (SSSR count). The van der Waals surface area contributed by atoms with Gasteiger partial charge in [-0.15, -0.1) is 0 Å². The zero-order chi connectivity index (χ0) is 12.5. The number of hydrogen-bond acceptors (Lipinski definition) is 2. The Balaban J connectivity index is 1.84. The van der Waals surface area contributed by atoms with E-state index in [9.17, 15) is 4.79 Å². The first-order chi connectivity index (χ1) is 8.74. The summed E-state index contributed by atoms with van der Waals surface area (Å²) in [6.07, 6.45) is 3.39. The van der Waals surface area contributed by atoms with Gasteiger partial charge >= 0.3 is 0 Å². The molecule has 0 spiro atoms. The standard InChI is InChI=1S/C14H16N2O2/c1-9-7-10-4-5-15-12(10)8-11(9)16-14(17)13-3-2-6-18-13/h4-5,7-8,13,15H,2-3,6H2,1H3,(H,16,17)/t13-/m1/s1. The molecule has 1 aliphatic heterocycles. The third-order valence-corrected chi connectivity index (χ3v) is 3.38. The first-order valence-electron chi connectivity index (χ1n) is 6.24. The van der Waals surface area contributed by atoms with Crippen LogP contribution in [-0.4, -0.2) is 23.6 Å². The Morgan fingerprint density at radius 3 is 3.17 bits per heavy atom. The van der Waals surface area contributed by atoms with Gasteiger partial charge in [0.1, 0.15) is 6.10 Å². The lowest BCUT2D eigenvalue weighted by Gasteiger charge is -2.12. The van der Waals surface area contributed by atoms with E-state index in [1.54, 1.807) is 0 Å². The fourth-order valence-electron chi connectivity index (χ4n) is 2.35. The first-order valence-corrected chi connectivity index (χ1v) is 6.24. The Hall–Kier alpha value is -1.81. The Bertz CT molecular complexity index is 582. The zero-order valence-corrected chi connectivity index (χ0v) is 10.3. The van der Waals surface area contributed by atoms with Gasteiger partial charge in [-0.05, 0) is 48.9 Å². The summed E-state index contributed by atoms with van der Waals surface area (Å²) in [5.41, 5.74) is 2.95. The third-order valence-electron chi connectivity index (χ3n) is 3.38. The molecule has 0 unspecified atom stereocenters. The van der Waals surface area contributed by atoms with Crippen molar-refractivity contribution in [3.63, 3.8) is 0 Å². The summed E-state index contributed by atoms with van der Waals surface area (Å²) in [5.74, 6) is -0.0403. The molecule has 1 aliphatic rings. The summed E-state index contributed by atoms with van der Waals surface area (Å²) in [5, 5.41) is 4.11. The number of carbonyl (C=O) groups excluding carboxylic acids is 1. The second-order valence-electron chi connectivity index (χ2n) is 4.72. The Morgan fingerprint density at radius 2 is 2.39 bits per heavy atom. The van der Waals surface area contributed by atoms with E-state index >= 15 is 0 Å². The van der Waals surface area contributed by atoms with E-state index in [4.69, 9.17) is 4.74 Å². The maximum absolute atomic E-state index is 12.0. The normalized spacial score (nSPS) is 19.3. The maximum Gasteiger partial charge on any atom is 0.253 e. The predicted molar refractivity (Wildman–Crippen MR) is 70.6 cm³/mol. The molecule has 2 aromatic rings. The van der Waals surface area contributed by atoms with Crippen LogP contribution in [-0.2, 0) is 9.53 Å². The van der Waals surface area contributed by atoms with Gasteiger partial charge in [-0.2, -0.15) is 0 Å². The van der Waals surface area contributed by atoms with Crippen LogP contribution in [0.2, 0.25) is 0 Å². The Labute approximate surface area is 105 Å². The summed E-state index contributed by atoms with van der Waals surface area (Å²) in [6, 6.07) is 6.06. The quantitative estimate of drug-likeness (QED) is 0.853. The van der Waals surface area contributed by atoms with Crippen LogP contribution in [0.15, 0.2) is 24.4 Å². The highest BCUT2D eigenvalue weighted by Crippen LogP contribution is 2.23. The topological polar surface area (TPSA) is 54.1 Å². The molecule has 4 nitrogen and oxygen atoms in total. The Kier molecular flexibility index (Phi) is 2.80. The summed E-state index contributed by atoms with van der Waals surface area (Å²) < 4.78 is 5.38. The van der Waals surface area contributed by atoms with Gasteiger partial charge in [0.05, 0.1) is 0 Å². The molecule has 1 amide bonds. The van der Waals surface area contributed by atoms with Crippen LogP contribution in [0.4, 0.5) is 5.69 Å². The van der Waals surface area contributed by atoms with E-state index in [-0.39, 0.29) is 12.0 Å². The number of aromatic nitrogens is 1. The number of amides is 1. The molecule has 0 radical (unpaired) electrons. The summed E-state index contributed by atoms with van der Waals surface area (Å²) in [6.45, 7) is 2.68. The molecule has 1 fully saturated rings. The van der Waals surface area contributed by atoms with E-state index in [0.717, 1.165) is 35.0 Å². The van der Waals surface area contributed by atoms with Gasteiger partial charge in [0, 0.05) is 24.0 Å². The number of aryl methyl sites for hydroxylation is 1. The van der Waals surface area contributed by atoms with Gasteiger partial charge in [0.2, 0.25) is 0 Å². The molecule has 0 bridgehead atoms. The number of H-pyrrole nitrogens is 1. The minimum Gasteiger partial charge on any atom is -0.368 e. The van der Waals surface area contributed by atoms with E-state index in [1.807, 2.05) is 25.3 Å². The van der Waals surface area contributed by atoms with Crippen molar-refractivity contribution in [2.24, 2.45) is 0 Å². The molecular weight excluding hydrogens is 228 g/mol. The number of aromatic amines is 1. The minimum atomic E-state index is -0.288. The molecule has 1 aromatic heterocycles. The molecule has 0 saturated carbocycles. The molecule has 94 valence electrons. The summed E-state index contributed by atoms with van der Waals surface area (Å²) in [7, 11) is 0. The van der Waals surface area contributed by atoms with E-state index in [1.165, 1.54) is 0 Å². The van der Waals surface area contributed by atoms with Crippen LogP contribution < -0.4 is 5.32 Å². The molecular formula is C14H16N2O2. The SMILES string of the molecule is Cc1cc2cc[nH]c2cc1NC(=O)[C@H]1CCCO1. The lowest BCUT2D eigenvalue weighted by molar-refractivity contribution is -0.124. The van der Waals surface area contributed by atoms with E-state index < -0.39 is 0 Å². The maximum atomic E-state index is 12.0. The fraction of sp³-hybridized carbons (Fsp3) is 0.357. The number of rotatable bonds is 2. The number of fused-ring (bicyclic) bond motifs is 1. The van der Waals surface area contributed by atoms with Gasteiger partial charge in [0.25, 0.3) is 5.91 Å². The summed E-state index contributed by atoms with van der Waals surface area (Å²) in [4.78, 5) is 15.1. The van der Waals surface area contributed by atoms with Crippen LogP contribution in [0, 0.1) is 6.92 Å². The minimum absolute atomic E-state index is 0.0403. The monoisotopic (exact) mass is 244 g/mol. The molecule has 4 heteroatoms. The second kappa shape index (κ2) is 4.46. The van der Waals surface area contributed by atoms with Crippen LogP contribution in [0.5, 0.6) is 0 Å². The van der Waals surface area contributed by atoms with Crippen molar-refractivity contribution in [2.45, 2.75) is 25.9 Å². The lowest BCUT2D eigenvalue weighted by atomic mass is 10.1. The average molecular weight is 244 g/mol. The first kappa shape index (κ1) is 11.3.